The molecule has 0 aliphatic rings. The number of rotatable bonds is 7. The molecule has 0 spiro atoms. The van der Waals surface area contributed by atoms with Crippen molar-refractivity contribution in [2.75, 3.05) is 13.7 Å². The number of halogens is 2. The lowest BCUT2D eigenvalue weighted by Crippen LogP contribution is -2.29. The lowest BCUT2D eigenvalue weighted by molar-refractivity contribution is -0.151. The molecule has 1 N–H and O–H groups in total. The van der Waals surface area contributed by atoms with Crippen molar-refractivity contribution in [3.05, 3.63) is 27.7 Å². The summed E-state index contributed by atoms with van der Waals surface area (Å²) in [5, 5.41) is 3.92. The standard InChI is InChI=1S/C14H19Cl2NO3/c1-4-12(14(18)19-5-2)20-13-9(8-17-3)6-10(15)7-11(13)16/h6-7,12,17H,4-5,8H2,1-3H3. The molecule has 1 aromatic rings. The minimum atomic E-state index is -0.677. The van der Waals surface area contributed by atoms with Gasteiger partial charge in [-0.05, 0) is 32.5 Å². The van der Waals surface area contributed by atoms with Gasteiger partial charge in [-0.25, -0.2) is 4.79 Å². The van der Waals surface area contributed by atoms with Crippen LogP contribution in [-0.2, 0) is 16.1 Å². The molecule has 1 atom stereocenters. The predicted octanol–water partition coefficient (Wildman–Crippen LogP) is 3.43. The summed E-state index contributed by atoms with van der Waals surface area (Å²) < 4.78 is 10.7. The maximum Gasteiger partial charge on any atom is 0.347 e. The fourth-order valence-electron chi connectivity index (χ4n) is 1.74. The number of hydrogen-bond acceptors (Lipinski definition) is 4. The SMILES string of the molecule is CCOC(=O)C(CC)Oc1c(Cl)cc(Cl)cc1CNC. The van der Waals surface area contributed by atoms with Gasteiger partial charge in [0.25, 0.3) is 0 Å². The second-order valence-electron chi connectivity index (χ2n) is 4.17. The van der Waals surface area contributed by atoms with E-state index in [1.165, 1.54) is 0 Å². The summed E-state index contributed by atoms with van der Waals surface area (Å²) in [5.74, 6) is 0.0711. The molecule has 1 aromatic carbocycles. The first-order valence-corrected chi connectivity index (χ1v) is 7.24. The van der Waals surface area contributed by atoms with Crippen molar-refractivity contribution >= 4 is 29.2 Å². The second-order valence-corrected chi connectivity index (χ2v) is 5.02. The second kappa shape index (κ2) is 8.35. The van der Waals surface area contributed by atoms with Crippen molar-refractivity contribution in [3.8, 4) is 5.75 Å². The maximum atomic E-state index is 11.8. The molecule has 0 saturated heterocycles. The molecule has 112 valence electrons. The highest BCUT2D eigenvalue weighted by atomic mass is 35.5. The summed E-state index contributed by atoms with van der Waals surface area (Å²) in [4.78, 5) is 11.8. The fourth-order valence-corrected chi connectivity index (χ4v) is 2.32. The Hall–Kier alpha value is -0.970. The average Bonchev–Trinajstić information content (AvgIpc) is 2.38. The van der Waals surface area contributed by atoms with E-state index in [4.69, 9.17) is 32.7 Å². The van der Waals surface area contributed by atoms with E-state index < -0.39 is 12.1 Å². The van der Waals surface area contributed by atoms with Crippen molar-refractivity contribution in [1.82, 2.24) is 5.32 Å². The van der Waals surface area contributed by atoms with E-state index in [0.29, 0.717) is 35.4 Å². The summed E-state index contributed by atoms with van der Waals surface area (Å²) in [6.45, 7) is 4.46. The van der Waals surface area contributed by atoms with Gasteiger partial charge < -0.3 is 14.8 Å². The number of ether oxygens (including phenoxy) is 2. The van der Waals surface area contributed by atoms with Crippen LogP contribution in [0.2, 0.25) is 10.0 Å². The van der Waals surface area contributed by atoms with E-state index in [0.717, 1.165) is 5.56 Å². The van der Waals surface area contributed by atoms with Gasteiger partial charge in [0.1, 0.15) is 5.75 Å². The summed E-state index contributed by atoms with van der Waals surface area (Å²) >= 11 is 12.1. The molecule has 0 saturated carbocycles. The number of hydrogen-bond donors (Lipinski definition) is 1. The van der Waals surface area contributed by atoms with Crippen molar-refractivity contribution < 1.29 is 14.3 Å². The third-order valence-corrected chi connectivity index (χ3v) is 3.13. The molecular formula is C14H19Cl2NO3. The van der Waals surface area contributed by atoms with Crippen LogP contribution in [0.5, 0.6) is 5.75 Å². The Balaban J connectivity index is 3.02. The van der Waals surface area contributed by atoms with Crippen LogP contribution in [0.4, 0.5) is 0 Å². The molecule has 0 aliphatic heterocycles. The highest BCUT2D eigenvalue weighted by Gasteiger charge is 2.22. The molecule has 0 amide bonds. The topological polar surface area (TPSA) is 47.6 Å². The fraction of sp³-hybridized carbons (Fsp3) is 0.500. The van der Waals surface area contributed by atoms with Crippen LogP contribution < -0.4 is 10.1 Å². The minimum Gasteiger partial charge on any atom is -0.477 e. The molecule has 0 aliphatic carbocycles. The summed E-state index contributed by atoms with van der Waals surface area (Å²) in [7, 11) is 1.81. The minimum absolute atomic E-state index is 0.316. The van der Waals surface area contributed by atoms with E-state index in [9.17, 15) is 4.79 Å². The molecule has 0 bridgehead atoms. The first-order valence-electron chi connectivity index (χ1n) is 6.49. The van der Waals surface area contributed by atoms with Crippen LogP contribution in [0, 0.1) is 0 Å². The van der Waals surface area contributed by atoms with Gasteiger partial charge >= 0.3 is 5.97 Å². The lowest BCUT2D eigenvalue weighted by atomic mass is 10.2. The first kappa shape index (κ1) is 17.1. The van der Waals surface area contributed by atoms with Gasteiger partial charge in [0.05, 0.1) is 11.6 Å². The van der Waals surface area contributed by atoms with E-state index in [2.05, 4.69) is 5.32 Å². The number of nitrogens with one attached hydrogen (secondary N) is 1. The summed E-state index contributed by atoms with van der Waals surface area (Å²) in [6.07, 6.45) is -0.180. The number of carbonyl (C=O) groups excluding carboxylic acids is 1. The van der Waals surface area contributed by atoms with E-state index in [1.807, 2.05) is 6.92 Å². The summed E-state index contributed by atoms with van der Waals surface area (Å²) in [5.41, 5.74) is 0.799. The Morgan fingerprint density at radius 2 is 2.05 bits per heavy atom. The molecular weight excluding hydrogens is 301 g/mol. The van der Waals surface area contributed by atoms with Gasteiger partial charge in [0.2, 0.25) is 0 Å². The number of benzene rings is 1. The van der Waals surface area contributed by atoms with Gasteiger partial charge in [-0.1, -0.05) is 30.1 Å². The highest BCUT2D eigenvalue weighted by molar-refractivity contribution is 6.35. The normalized spacial score (nSPS) is 12.1. The van der Waals surface area contributed by atoms with E-state index >= 15 is 0 Å². The molecule has 0 radical (unpaired) electrons. The zero-order valence-electron chi connectivity index (χ0n) is 11.8. The third-order valence-electron chi connectivity index (χ3n) is 2.63. The zero-order valence-corrected chi connectivity index (χ0v) is 13.3. The monoisotopic (exact) mass is 319 g/mol. The van der Waals surface area contributed by atoms with Crippen LogP contribution in [-0.4, -0.2) is 25.7 Å². The summed E-state index contributed by atoms with van der Waals surface area (Å²) in [6, 6.07) is 3.35. The van der Waals surface area contributed by atoms with Crippen LogP contribution >= 0.6 is 23.2 Å². The maximum absolute atomic E-state index is 11.8. The van der Waals surface area contributed by atoms with Gasteiger partial charge in [-0.3, -0.25) is 0 Å². The molecule has 1 rings (SSSR count). The molecule has 1 unspecified atom stereocenters. The van der Waals surface area contributed by atoms with Crippen LogP contribution in [0.15, 0.2) is 12.1 Å². The van der Waals surface area contributed by atoms with Gasteiger partial charge in [-0.15, -0.1) is 0 Å². The lowest BCUT2D eigenvalue weighted by Gasteiger charge is -2.19. The van der Waals surface area contributed by atoms with Gasteiger partial charge in [0.15, 0.2) is 6.10 Å². The van der Waals surface area contributed by atoms with Crippen molar-refractivity contribution in [2.45, 2.75) is 32.9 Å². The number of carbonyl (C=O) groups is 1. The van der Waals surface area contributed by atoms with E-state index in [-0.39, 0.29) is 0 Å². The molecule has 0 heterocycles. The zero-order chi connectivity index (χ0) is 15.1. The van der Waals surface area contributed by atoms with Crippen LogP contribution in [0.1, 0.15) is 25.8 Å². The van der Waals surface area contributed by atoms with Gasteiger partial charge in [0, 0.05) is 17.1 Å². The highest BCUT2D eigenvalue weighted by Crippen LogP contribution is 2.33. The predicted molar refractivity (Wildman–Crippen MR) is 80.6 cm³/mol. The first-order chi connectivity index (χ1) is 9.53. The molecule has 4 nitrogen and oxygen atoms in total. The van der Waals surface area contributed by atoms with Gasteiger partial charge in [-0.2, -0.15) is 0 Å². The van der Waals surface area contributed by atoms with Crippen molar-refractivity contribution in [3.63, 3.8) is 0 Å². The molecule has 6 heteroatoms. The van der Waals surface area contributed by atoms with Crippen molar-refractivity contribution in [2.24, 2.45) is 0 Å². The van der Waals surface area contributed by atoms with Crippen LogP contribution in [0.3, 0.4) is 0 Å². The van der Waals surface area contributed by atoms with Crippen LogP contribution in [0.25, 0.3) is 0 Å². The quantitative estimate of drug-likeness (QED) is 0.782. The smallest absolute Gasteiger partial charge is 0.347 e. The Kier molecular flexibility index (Phi) is 7.13. The largest absolute Gasteiger partial charge is 0.477 e. The average molecular weight is 320 g/mol. The number of esters is 1. The van der Waals surface area contributed by atoms with Crippen molar-refractivity contribution in [1.29, 1.82) is 0 Å². The Labute approximate surface area is 129 Å². The third kappa shape index (κ3) is 4.54. The van der Waals surface area contributed by atoms with E-state index in [1.54, 1.807) is 26.1 Å². The Morgan fingerprint density at radius 1 is 1.35 bits per heavy atom. The Bertz CT molecular complexity index is 466. The molecule has 0 aromatic heterocycles. The molecule has 20 heavy (non-hydrogen) atoms. The molecule has 0 fully saturated rings. The Morgan fingerprint density at radius 3 is 2.60 bits per heavy atom.